The second-order valence-corrected chi connectivity index (χ2v) is 8.05. The summed E-state index contributed by atoms with van der Waals surface area (Å²) in [7, 11) is 1.40. The fourth-order valence-electron chi connectivity index (χ4n) is 3.45. The number of H-pyrrole nitrogens is 1. The van der Waals surface area contributed by atoms with Gasteiger partial charge < -0.3 is 14.5 Å². The van der Waals surface area contributed by atoms with E-state index in [0.29, 0.717) is 29.5 Å². The zero-order chi connectivity index (χ0) is 21.8. The van der Waals surface area contributed by atoms with Crippen molar-refractivity contribution in [1.82, 2.24) is 4.98 Å². The molecule has 3 aromatic carbocycles. The van der Waals surface area contributed by atoms with Gasteiger partial charge in [-0.3, -0.25) is 4.79 Å². The van der Waals surface area contributed by atoms with Crippen LogP contribution in [0.1, 0.15) is 17.5 Å². The molecule has 0 aliphatic carbocycles. The highest BCUT2D eigenvalue weighted by atomic mass is 35.5. The van der Waals surface area contributed by atoms with Crippen molar-refractivity contribution in [2.45, 2.75) is 19.4 Å². The molecule has 1 heterocycles. The van der Waals surface area contributed by atoms with Crippen LogP contribution in [0.2, 0.25) is 10.0 Å². The normalized spacial score (nSPS) is 10.9. The maximum atomic E-state index is 11.6. The van der Waals surface area contributed by atoms with Gasteiger partial charge in [0.15, 0.2) is 0 Å². The number of esters is 1. The molecule has 0 fully saturated rings. The Hall–Kier alpha value is -2.95. The number of fused-ring (bicyclic) bond motifs is 1. The summed E-state index contributed by atoms with van der Waals surface area (Å²) in [5.74, 6) is 0.510. The van der Waals surface area contributed by atoms with Gasteiger partial charge in [-0.2, -0.15) is 0 Å². The summed E-state index contributed by atoms with van der Waals surface area (Å²) in [6, 6.07) is 19.6. The molecule has 0 radical (unpaired) electrons. The largest absolute Gasteiger partial charge is 0.488 e. The van der Waals surface area contributed by atoms with Gasteiger partial charge in [0.1, 0.15) is 12.4 Å². The molecule has 0 aliphatic rings. The van der Waals surface area contributed by atoms with E-state index in [1.54, 1.807) is 12.1 Å². The van der Waals surface area contributed by atoms with E-state index in [2.05, 4.69) is 23.2 Å². The van der Waals surface area contributed by atoms with Crippen molar-refractivity contribution in [1.29, 1.82) is 0 Å². The number of halogens is 2. The molecule has 0 bridgehead atoms. The summed E-state index contributed by atoms with van der Waals surface area (Å²) in [6.45, 7) is 0.316. The number of nitrogens with one attached hydrogen (secondary N) is 1. The molecule has 0 spiro atoms. The van der Waals surface area contributed by atoms with Gasteiger partial charge in [0.2, 0.25) is 0 Å². The van der Waals surface area contributed by atoms with Gasteiger partial charge in [0, 0.05) is 39.3 Å². The first kappa shape index (κ1) is 21.3. The van der Waals surface area contributed by atoms with E-state index in [1.165, 1.54) is 7.11 Å². The number of methoxy groups -OCH3 is 1. The van der Waals surface area contributed by atoms with Crippen LogP contribution in [0.3, 0.4) is 0 Å². The molecule has 0 atom stereocenters. The Morgan fingerprint density at radius 2 is 1.87 bits per heavy atom. The van der Waals surface area contributed by atoms with Crippen molar-refractivity contribution in [3.63, 3.8) is 0 Å². The molecule has 4 nitrogen and oxygen atoms in total. The lowest BCUT2D eigenvalue weighted by Gasteiger charge is -2.15. The van der Waals surface area contributed by atoms with Gasteiger partial charge in [-0.15, -0.1) is 0 Å². The van der Waals surface area contributed by atoms with Gasteiger partial charge in [-0.25, -0.2) is 0 Å². The zero-order valence-electron chi connectivity index (χ0n) is 17.0. The van der Waals surface area contributed by atoms with Crippen LogP contribution in [0.4, 0.5) is 0 Å². The second-order valence-electron chi connectivity index (χ2n) is 7.21. The van der Waals surface area contributed by atoms with E-state index in [4.69, 9.17) is 32.7 Å². The third-order valence-electron chi connectivity index (χ3n) is 5.15. The van der Waals surface area contributed by atoms with E-state index < -0.39 is 0 Å². The minimum atomic E-state index is -0.229. The molecule has 1 aromatic heterocycles. The molecule has 1 N–H and O–H groups in total. The fraction of sp³-hybridized carbons (Fsp3) is 0.160. The number of hydrogen-bond donors (Lipinski definition) is 1. The fourth-order valence-corrected chi connectivity index (χ4v) is 3.91. The van der Waals surface area contributed by atoms with Crippen LogP contribution in [0.15, 0.2) is 66.9 Å². The molecular formula is C25H21Cl2NO3. The monoisotopic (exact) mass is 453 g/mol. The molecule has 158 valence electrons. The predicted molar refractivity (Wildman–Crippen MR) is 125 cm³/mol. The molecule has 0 unspecified atom stereocenters. The van der Waals surface area contributed by atoms with E-state index in [-0.39, 0.29) is 5.97 Å². The number of aromatic nitrogens is 1. The van der Waals surface area contributed by atoms with Gasteiger partial charge in [-0.1, -0.05) is 41.4 Å². The van der Waals surface area contributed by atoms with Crippen LogP contribution in [0.25, 0.3) is 22.0 Å². The summed E-state index contributed by atoms with van der Waals surface area (Å²) >= 11 is 12.3. The second kappa shape index (κ2) is 9.46. The predicted octanol–water partition coefficient (Wildman–Crippen LogP) is 6.83. The van der Waals surface area contributed by atoms with Crippen LogP contribution in [-0.4, -0.2) is 18.1 Å². The summed E-state index contributed by atoms with van der Waals surface area (Å²) < 4.78 is 10.9. The van der Waals surface area contributed by atoms with Crippen molar-refractivity contribution < 1.29 is 14.3 Å². The maximum absolute atomic E-state index is 11.6. The van der Waals surface area contributed by atoms with E-state index in [9.17, 15) is 4.79 Å². The van der Waals surface area contributed by atoms with Crippen molar-refractivity contribution in [3.05, 3.63) is 88.0 Å². The van der Waals surface area contributed by atoms with E-state index in [1.807, 2.05) is 36.5 Å². The van der Waals surface area contributed by atoms with E-state index >= 15 is 0 Å². The Labute approximate surface area is 190 Å². The Balaban J connectivity index is 1.66. The van der Waals surface area contributed by atoms with Gasteiger partial charge in [0.05, 0.1) is 7.11 Å². The maximum Gasteiger partial charge on any atom is 0.305 e. The Morgan fingerprint density at radius 1 is 1.00 bits per heavy atom. The standard InChI is InChI=1S/C25H21Cl2NO3/c1-30-25(29)9-3-16-2-8-24(31-15-19-4-6-20(26)14-22(19)27)21(12-16)17-5-7-23-18(13-17)10-11-28-23/h2,4-8,10-14,28H,3,9,15H2,1H3. The summed E-state index contributed by atoms with van der Waals surface area (Å²) in [5.41, 5.74) is 4.94. The number of ether oxygens (including phenoxy) is 2. The van der Waals surface area contributed by atoms with Crippen molar-refractivity contribution in [2.75, 3.05) is 7.11 Å². The molecule has 31 heavy (non-hydrogen) atoms. The lowest BCUT2D eigenvalue weighted by molar-refractivity contribution is -0.140. The van der Waals surface area contributed by atoms with Crippen molar-refractivity contribution >= 4 is 40.1 Å². The molecule has 0 amide bonds. The van der Waals surface area contributed by atoms with Crippen LogP contribution < -0.4 is 4.74 Å². The topological polar surface area (TPSA) is 51.3 Å². The average Bonchev–Trinajstić information content (AvgIpc) is 3.25. The molecule has 4 rings (SSSR count). The third-order valence-corrected chi connectivity index (χ3v) is 5.74. The highest BCUT2D eigenvalue weighted by molar-refractivity contribution is 6.35. The molecular weight excluding hydrogens is 433 g/mol. The molecule has 0 saturated heterocycles. The smallest absolute Gasteiger partial charge is 0.305 e. The minimum Gasteiger partial charge on any atom is -0.488 e. The zero-order valence-corrected chi connectivity index (χ0v) is 18.5. The number of carbonyl (C=O) groups excluding carboxylic acids is 1. The SMILES string of the molecule is COC(=O)CCc1ccc(OCc2ccc(Cl)cc2Cl)c(-c2ccc3[nH]ccc3c2)c1. The molecule has 6 heteroatoms. The number of aromatic amines is 1. The summed E-state index contributed by atoms with van der Waals surface area (Å²) in [6.07, 6.45) is 2.84. The Bertz CT molecular complexity index is 1230. The van der Waals surface area contributed by atoms with Crippen molar-refractivity contribution in [2.24, 2.45) is 0 Å². The minimum absolute atomic E-state index is 0.229. The average molecular weight is 454 g/mol. The molecule has 4 aromatic rings. The number of carbonyl (C=O) groups is 1. The van der Waals surface area contributed by atoms with Crippen LogP contribution in [0.5, 0.6) is 5.75 Å². The van der Waals surface area contributed by atoms with Crippen LogP contribution in [0, 0.1) is 0 Å². The quantitative estimate of drug-likeness (QED) is 0.312. The molecule has 0 aliphatic heterocycles. The lowest BCUT2D eigenvalue weighted by Crippen LogP contribution is -2.03. The summed E-state index contributed by atoms with van der Waals surface area (Å²) in [4.78, 5) is 14.8. The highest BCUT2D eigenvalue weighted by Gasteiger charge is 2.12. The number of benzene rings is 3. The first-order chi connectivity index (χ1) is 15.0. The van der Waals surface area contributed by atoms with Crippen LogP contribution >= 0.6 is 23.2 Å². The van der Waals surface area contributed by atoms with Gasteiger partial charge >= 0.3 is 5.97 Å². The van der Waals surface area contributed by atoms with Gasteiger partial charge in [0.25, 0.3) is 0 Å². The first-order valence-electron chi connectivity index (χ1n) is 9.87. The number of aryl methyl sites for hydroxylation is 1. The number of hydrogen-bond acceptors (Lipinski definition) is 3. The Morgan fingerprint density at radius 3 is 2.68 bits per heavy atom. The number of rotatable bonds is 7. The Kier molecular flexibility index (Phi) is 6.50. The third kappa shape index (κ3) is 5.04. The summed E-state index contributed by atoms with van der Waals surface area (Å²) in [5, 5.41) is 2.27. The highest BCUT2D eigenvalue weighted by Crippen LogP contribution is 2.34. The van der Waals surface area contributed by atoms with E-state index in [0.717, 1.165) is 38.9 Å². The van der Waals surface area contributed by atoms with Crippen LogP contribution in [-0.2, 0) is 22.6 Å². The first-order valence-corrected chi connectivity index (χ1v) is 10.6. The van der Waals surface area contributed by atoms with Crippen molar-refractivity contribution in [3.8, 4) is 16.9 Å². The van der Waals surface area contributed by atoms with Gasteiger partial charge in [-0.05, 0) is 65.4 Å². The lowest BCUT2D eigenvalue weighted by atomic mass is 9.98. The molecule has 0 saturated carbocycles.